The zero-order valence-corrected chi connectivity index (χ0v) is 10.5. The summed E-state index contributed by atoms with van der Waals surface area (Å²) < 4.78 is 12.8. The Morgan fingerprint density at radius 3 is 2.61 bits per heavy atom. The summed E-state index contributed by atoms with van der Waals surface area (Å²) in [5.74, 6) is -0.206. The molecule has 1 aromatic carbocycles. The molecule has 0 saturated carbocycles. The molecular formula is C13H18FN3O. The zero-order valence-electron chi connectivity index (χ0n) is 10.5. The number of halogens is 1. The van der Waals surface area contributed by atoms with Gasteiger partial charge in [0.1, 0.15) is 5.82 Å². The summed E-state index contributed by atoms with van der Waals surface area (Å²) in [7, 11) is 1.90. The summed E-state index contributed by atoms with van der Waals surface area (Å²) in [6.45, 7) is 3.70. The molecule has 1 saturated heterocycles. The van der Waals surface area contributed by atoms with Crippen molar-refractivity contribution >= 4 is 11.6 Å². The number of nitrogens with zero attached hydrogens (tertiary/aromatic N) is 2. The van der Waals surface area contributed by atoms with E-state index in [2.05, 4.69) is 10.2 Å². The van der Waals surface area contributed by atoms with Gasteiger partial charge in [-0.05, 0) is 31.3 Å². The van der Waals surface area contributed by atoms with Crippen molar-refractivity contribution in [2.75, 3.05) is 44.7 Å². The van der Waals surface area contributed by atoms with E-state index in [4.69, 9.17) is 0 Å². The third-order valence-electron chi connectivity index (χ3n) is 3.12. The van der Waals surface area contributed by atoms with Gasteiger partial charge in [0.05, 0.1) is 6.54 Å². The minimum atomic E-state index is -0.279. The van der Waals surface area contributed by atoms with Crippen LogP contribution in [-0.2, 0) is 4.79 Å². The number of anilines is 1. The normalized spacial score (nSPS) is 17.2. The molecule has 5 heteroatoms. The van der Waals surface area contributed by atoms with E-state index in [1.807, 2.05) is 7.05 Å². The van der Waals surface area contributed by atoms with Crippen LogP contribution in [-0.4, -0.2) is 50.6 Å². The fraction of sp³-hybridized carbons (Fsp3) is 0.462. The fourth-order valence-electron chi connectivity index (χ4n) is 2.08. The molecule has 1 aliphatic rings. The van der Waals surface area contributed by atoms with E-state index in [0.29, 0.717) is 13.1 Å². The Morgan fingerprint density at radius 1 is 1.28 bits per heavy atom. The summed E-state index contributed by atoms with van der Waals surface area (Å²) in [6.07, 6.45) is 0. The van der Waals surface area contributed by atoms with Crippen molar-refractivity contribution in [3.8, 4) is 0 Å². The lowest BCUT2D eigenvalue weighted by Crippen LogP contribution is -2.51. The van der Waals surface area contributed by atoms with Gasteiger partial charge >= 0.3 is 0 Å². The molecule has 0 unspecified atom stereocenters. The maximum Gasteiger partial charge on any atom is 0.241 e. The quantitative estimate of drug-likeness (QED) is 0.855. The highest BCUT2D eigenvalue weighted by Crippen LogP contribution is 2.17. The van der Waals surface area contributed by atoms with Crippen molar-refractivity contribution in [2.45, 2.75) is 0 Å². The Morgan fingerprint density at radius 2 is 2.00 bits per heavy atom. The summed E-state index contributed by atoms with van der Waals surface area (Å²) >= 11 is 0. The number of benzene rings is 1. The van der Waals surface area contributed by atoms with Crippen molar-refractivity contribution in [3.63, 3.8) is 0 Å². The Bertz CT molecular complexity index is 407. The number of carbonyl (C=O) groups is 1. The van der Waals surface area contributed by atoms with Gasteiger partial charge < -0.3 is 10.2 Å². The van der Waals surface area contributed by atoms with E-state index < -0.39 is 0 Å². The first kappa shape index (κ1) is 13.0. The van der Waals surface area contributed by atoms with Crippen molar-refractivity contribution in [3.05, 3.63) is 30.1 Å². The Kier molecular flexibility index (Phi) is 4.28. The van der Waals surface area contributed by atoms with E-state index >= 15 is 0 Å². The van der Waals surface area contributed by atoms with Crippen LogP contribution in [0, 0.1) is 5.82 Å². The second-order valence-electron chi connectivity index (χ2n) is 4.40. The number of amides is 1. The van der Waals surface area contributed by atoms with Crippen molar-refractivity contribution < 1.29 is 9.18 Å². The van der Waals surface area contributed by atoms with Crippen LogP contribution in [0.3, 0.4) is 0 Å². The van der Waals surface area contributed by atoms with E-state index in [0.717, 1.165) is 25.3 Å². The third-order valence-corrected chi connectivity index (χ3v) is 3.12. The van der Waals surface area contributed by atoms with Gasteiger partial charge in [-0.25, -0.2) is 4.39 Å². The smallest absolute Gasteiger partial charge is 0.241 e. The largest absolute Gasteiger partial charge is 0.318 e. The monoisotopic (exact) mass is 251 g/mol. The summed E-state index contributed by atoms with van der Waals surface area (Å²) in [5.41, 5.74) is 0.773. The molecule has 0 aromatic heterocycles. The molecule has 98 valence electrons. The van der Waals surface area contributed by atoms with Gasteiger partial charge in [-0.1, -0.05) is 0 Å². The highest BCUT2D eigenvalue weighted by Gasteiger charge is 2.24. The number of likely N-dealkylation sites (N-methyl/N-ethyl adjacent to an activating group) is 1. The van der Waals surface area contributed by atoms with Crippen molar-refractivity contribution in [1.29, 1.82) is 0 Å². The van der Waals surface area contributed by atoms with Gasteiger partial charge in [0.2, 0.25) is 5.91 Å². The topological polar surface area (TPSA) is 35.6 Å². The summed E-state index contributed by atoms with van der Waals surface area (Å²) in [6, 6.07) is 6.07. The van der Waals surface area contributed by atoms with E-state index in [9.17, 15) is 9.18 Å². The molecule has 1 amide bonds. The van der Waals surface area contributed by atoms with Crippen LogP contribution in [0.1, 0.15) is 0 Å². The standard InChI is InChI=1S/C13H18FN3O/c1-15-6-7-16-8-9-17(13(18)10-16)12-4-2-11(14)3-5-12/h2-5,15H,6-10H2,1H3. The van der Waals surface area contributed by atoms with Crippen LogP contribution in [0.15, 0.2) is 24.3 Å². The molecule has 18 heavy (non-hydrogen) atoms. The number of piperazine rings is 1. The molecule has 2 rings (SSSR count). The Hall–Kier alpha value is -1.46. The highest BCUT2D eigenvalue weighted by molar-refractivity contribution is 5.95. The number of hydrogen-bond donors (Lipinski definition) is 1. The highest BCUT2D eigenvalue weighted by atomic mass is 19.1. The summed E-state index contributed by atoms with van der Waals surface area (Å²) in [5, 5.41) is 3.07. The minimum Gasteiger partial charge on any atom is -0.318 e. The van der Waals surface area contributed by atoms with Gasteiger partial charge in [0, 0.05) is 31.9 Å². The van der Waals surface area contributed by atoms with Crippen molar-refractivity contribution in [2.24, 2.45) is 0 Å². The first-order chi connectivity index (χ1) is 8.70. The molecule has 4 nitrogen and oxygen atoms in total. The number of nitrogens with one attached hydrogen (secondary N) is 1. The third kappa shape index (κ3) is 3.05. The predicted octanol–water partition coefficient (Wildman–Crippen LogP) is 0.694. The first-order valence-corrected chi connectivity index (χ1v) is 6.13. The van der Waals surface area contributed by atoms with Gasteiger partial charge in [0.15, 0.2) is 0 Å². The zero-order chi connectivity index (χ0) is 13.0. The second-order valence-corrected chi connectivity index (χ2v) is 4.40. The van der Waals surface area contributed by atoms with Crippen LogP contribution in [0.25, 0.3) is 0 Å². The molecule has 0 aliphatic carbocycles. The van der Waals surface area contributed by atoms with E-state index in [1.165, 1.54) is 12.1 Å². The van der Waals surface area contributed by atoms with Gasteiger partial charge in [-0.3, -0.25) is 9.69 Å². The van der Waals surface area contributed by atoms with Crippen LogP contribution >= 0.6 is 0 Å². The number of hydrogen-bond acceptors (Lipinski definition) is 3. The minimum absolute atomic E-state index is 0.0731. The Balaban J connectivity index is 1.97. The molecule has 0 spiro atoms. The molecule has 0 atom stereocenters. The molecule has 1 fully saturated rings. The average molecular weight is 251 g/mol. The van der Waals surface area contributed by atoms with Gasteiger partial charge in [-0.15, -0.1) is 0 Å². The van der Waals surface area contributed by atoms with Crippen molar-refractivity contribution in [1.82, 2.24) is 10.2 Å². The van der Waals surface area contributed by atoms with Gasteiger partial charge in [-0.2, -0.15) is 0 Å². The Labute approximate surface area is 106 Å². The first-order valence-electron chi connectivity index (χ1n) is 6.13. The average Bonchev–Trinajstić information content (AvgIpc) is 2.38. The van der Waals surface area contributed by atoms with Crippen LogP contribution in [0.4, 0.5) is 10.1 Å². The summed E-state index contributed by atoms with van der Waals surface area (Å²) in [4.78, 5) is 15.9. The van der Waals surface area contributed by atoms with Crippen LogP contribution < -0.4 is 10.2 Å². The fourth-order valence-corrected chi connectivity index (χ4v) is 2.08. The second kappa shape index (κ2) is 5.93. The molecule has 1 heterocycles. The van der Waals surface area contributed by atoms with Gasteiger partial charge in [0.25, 0.3) is 0 Å². The molecule has 1 aromatic rings. The van der Waals surface area contributed by atoms with Crippen LogP contribution in [0.2, 0.25) is 0 Å². The molecule has 0 bridgehead atoms. The SMILES string of the molecule is CNCCN1CCN(c2ccc(F)cc2)C(=O)C1. The van der Waals surface area contributed by atoms with E-state index in [1.54, 1.807) is 17.0 Å². The molecular weight excluding hydrogens is 233 g/mol. The lowest BCUT2D eigenvalue weighted by molar-refractivity contribution is -0.121. The number of carbonyl (C=O) groups excluding carboxylic acids is 1. The maximum absolute atomic E-state index is 12.8. The molecule has 0 radical (unpaired) electrons. The lowest BCUT2D eigenvalue weighted by Gasteiger charge is -2.34. The van der Waals surface area contributed by atoms with E-state index in [-0.39, 0.29) is 11.7 Å². The predicted molar refractivity (Wildman–Crippen MR) is 69.1 cm³/mol. The maximum atomic E-state index is 12.8. The van der Waals surface area contributed by atoms with Crippen LogP contribution in [0.5, 0.6) is 0 Å². The molecule has 1 N–H and O–H groups in total. The molecule has 1 aliphatic heterocycles. The lowest BCUT2D eigenvalue weighted by atomic mass is 10.2. The number of rotatable bonds is 4.